The summed E-state index contributed by atoms with van der Waals surface area (Å²) in [5.74, 6) is 5.79. The molecule has 0 aromatic carbocycles. The second-order valence-corrected chi connectivity index (χ2v) is 4.75. The monoisotopic (exact) mass is 198 g/mol. The summed E-state index contributed by atoms with van der Waals surface area (Å²) < 4.78 is 0. The van der Waals surface area contributed by atoms with E-state index in [0.29, 0.717) is 5.41 Å². The molecule has 4 nitrogen and oxygen atoms in total. The zero-order valence-corrected chi connectivity index (χ0v) is 9.13. The van der Waals surface area contributed by atoms with Crippen LogP contribution in [0.1, 0.15) is 25.7 Å². The Bertz CT molecular complexity index is 177. The number of nitrogens with one attached hydrogen (secondary N) is 1. The van der Waals surface area contributed by atoms with Crippen LogP contribution in [0.15, 0.2) is 0 Å². The van der Waals surface area contributed by atoms with E-state index < -0.39 is 0 Å². The van der Waals surface area contributed by atoms with Crippen molar-refractivity contribution < 1.29 is 0 Å². The minimum absolute atomic E-state index is 0.614. The van der Waals surface area contributed by atoms with Crippen molar-refractivity contribution in [2.75, 3.05) is 33.2 Å². The fourth-order valence-corrected chi connectivity index (χ4v) is 2.70. The van der Waals surface area contributed by atoms with Crippen LogP contribution in [0.5, 0.6) is 0 Å². The third-order valence-corrected chi connectivity index (χ3v) is 4.00. The molecule has 4 heteroatoms. The van der Waals surface area contributed by atoms with Crippen molar-refractivity contribution >= 4 is 0 Å². The molecule has 2 aliphatic heterocycles. The number of nitrogens with two attached hydrogens (primary N) is 1. The molecule has 1 spiro atoms. The number of hydrazine groups is 2. The number of nitrogens with zero attached hydrogens (tertiary/aromatic N) is 2. The zero-order chi connectivity index (χ0) is 10.0. The normalized spacial score (nSPS) is 29.6. The average molecular weight is 198 g/mol. The van der Waals surface area contributed by atoms with Gasteiger partial charge in [-0.3, -0.25) is 11.3 Å². The lowest BCUT2D eigenvalue weighted by atomic mass is 9.72. The molecule has 0 atom stereocenters. The fourth-order valence-electron chi connectivity index (χ4n) is 2.70. The Hall–Kier alpha value is -0.160. The maximum absolute atomic E-state index is 5.79. The Morgan fingerprint density at radius 3 is 2.00 bits per heavy atom. The molecule has 0 aliphatic carbocycles. The molecule has 0 saturated carbocycles. The molecule has 2 rings (SSSR count). The first-order valence-electron chi connectivity index (χ1n) is 5.66. The number of hydrogen-bond donors (Lipinski definition) is 2. The third-order valence-electron chi connectivity index (χ3n) is 4.00. The molecule has 0 bridgehead atoms. The Labute approximate surface area is 86.4 Å². The molecule has 2 heterocycles. The summed E-state index contributed by atoms with van der Waals surface area (Å²) in [7, 11) is 2.01. The van der Waals surface area contributed by atoms with Crippen molar-refractivity contribution in [2.45, 2.75) is 25.7 Å². The van der Waals surface area contributed by atoms with Crippen molar-refractivity contribution in [3.05, 3.63) is 0 Å². The molecule has 2 fully saturated rings. The van der Waals surface area contributed by atoms with Gasteiger partial charge in [0.2, 0.25) is 0 Å². The summed E-state index contributed by atoms with van der Waals surface area (Å²) in [6.45, 7) is 4.56. The van der Waals surface area contributed by atoms with Crippen molar-refractivity contribution in [1.82, 2.24) is 15.4 Å². The number of piperidine rings is 2. The highest BCUT2D eigenvalue weighted by Gasteiger charge is 2.36. The predicted octanol–water partition coefficient (Wildman–Crippen LogP) is 0.173. The van der Waals surface area contributed by atoms with Gasteiger partial charge in [0, 0.05) is 26.2 Å². The number of hydrogen-bond acceptors (Lipinski definition) is 4. The Kier molecular flexibility index (Phi) is 3.07. The van der Waals surface area contributed by atoms with E-state index in [2.05, 4.69) is 10.4 Å². The van der Waals surface area contributed by atoms with E-state index in [1.807, 2.05) is 12.1 Å². The maximum Gasteiger partial charge on any atom is 0.0136 e. The molecule has 2 aliphatic rings. The van der Waals surface area contributed by atoms with Gasteiger partial charge in [0.05, 0.1) is 0 Å². The van der Waals surface area contributed by atoms with Crippen molar-refractivity contribution in [3.8, 4) is 0 Å². The van der Waals surface area contributed by atoms with Crippen molar-refractivity contribution in [3.63, 3.8) is 0 Å². The van der Waals surface area contributed by atoms with Crippen LogP contribution in [0.3, 0.4) is 0 Å². The minimum atomic E-state index is 0.614. The van der Waals surface area contributed by atoms with Gasteiger partial charge in [-0.1, -0.05) is 0 Å². The first-order valence-corrected chi connectivity index (χ1v) is 5.66. The van der Waals surface area contributed by atoms with E-state index in [4.69, 9.17) is 5.84 Å². The van der Waals surface area contributed by atoms with Crippen LogP contribution in [-0.4, -0.2) is 43.2 Å². The summed E-state index contributed by atoms with van der Waals surface area (Å²) in [6, 6.07) is 0. The molecule has 82 valence electrons. The lowest BCUT2D eigenvalue weighted by Crippen LogP contribution is -2.50. The number of rotatable bonds is 1. The van der Waals surface area contributed by atoms with Crippen LogP contribution < -0.4 is 11.3 Å². The van der Waals surface area contributed by atoms with Crippen LogP contribution in [0.2, 0.25) is 0 Å². The molecule has 0 unspecified atom stereocenters. The highest BCUT2D eigenvalue weighted by Crippen LogP contribution is 2.40. The Morgan fingerprint density at radius 2 is 1.50 bits per heavy atom. The minimum Gasteiger partial charge on any atom is -0.269 e. The molecule has 14 heavy (non-hydrogen) atoms. The van der Waals surface area contributed by atoms with Gasteiger partial charge in [0.25, 0.3) is 0 Å². The van der Waals surface area contributed by atoms with Crippen LogP contribution >= 0.6 is 0 Å². The molecule has 0 amide bonds. The highest BCUT2D eigenvalue weighted by atomic mass is 15.5. The summed E-state index contributed by atoms with van der Waals surface area (Å²) >= 11 is 0. The maximum atomic E-state index is 5.79. The van der Waals surface area contributed by atoms with Gasteiger partial charge < -0.3 is 0 Å². The Morgan fingerprint density at radius 1 is 1.00 bits per heavy atom. The SMILES string of the molecule is CNN1CCC2(CCN(N)CC2)CC1. The van der Waals surface area contributed by atoms with Gasteiger partial charge in [-0.05, 0) is 38.1 Å². The van der Waals surface area contributed by atoms with E-state index in [9.17, 15) is 0 Å². The van der Waals surface area contributed by atoms with Crippen LogP contribution in [0.25, 0.3) is 0 Å². The second kappa shape index (κ2) is 4.14. The fraction of sp³-hybridized carbons (Fsp3) is 1.00. The van der Waals surface area contributed by atoms with E-state index in [-0.39, 0.29) is 0 Å². The second-order valence-electron chi connectivity index (χ2n) is 4.75. The Balaban J connectivity index is 1.86. The molecule has 2 saturated heterocycles. The van der Waals surface area contributed by atoms with Gasteiger partial charge in [0.15, 0.2) is 0 Å². The highest BCUT2D eigenvalue weighted by molar-refractivity contribution is 4.88. The largest absolute Gasteiger partial charge is 0.269 e. The van der Waals surface area contributed by atoms with E-state index in [1.54, 1.807) is 0 Å². The molecule has 0 aromatic rings. The molecule has 0 radical (unpaired) electrons. The van der Waals surface area contributed by atoms with Crippen molar-refractivity contribution in [1.29, 1.82) is 0 Å². The summed E-state index contributed by atoms with van der Waals surface area (Å²) in [6.07, 6.45) is 5.26. The summed E-state index contributed by atoms with van der Waals surface area (Å²) in [5, 5.41) is 4.29. The predicted molar refractivity (Wildman–Crippen MR) is 57.3 cm³/mol. The third kappa shape index (κ3) is 2.08. The summed E-state index contributed by atoms with van der Waals surface area (Å²) in [5.41, 5.74) is 3.85. The average Bonchev–Trinajstić information content (AvgIpc) is 2.24. The van der Waals surface area contributed by atoms with Crippen LogP contribution in [0, 0.1) is 5.41 Å². The molecular formula is C10H22N4. The lowest BCUT2D eigenvalue weighted by molar-refractivity contribution is 0.0201. The topological polar surface area (TPSA) is 44.5 Å². The standard InChI is InChI=1S/C10H22N4/c1-12-14-8-4-10(5-9-14)2-6-13(11)7-3-10/h12H,2-9,11H2,1H3. The van der Waals surface area contributed by atoms with Gasteiger partial charge >= 0.3 is 0 Å². The van der Waals surface area contributed by atoms with Crippen molar-refractivity contribution in [2.24, 2.45) is 11.3 Å². The van der Waals surface area contributed by atoms with E-state index in [0.717, 1.165) is 13.1 Å². The molecular weight excluding hydrogens is 176 g/mol. The zero-order valence-electron chi connectivity index (χ0n) is 9.13. The van der Waals surface area contributed by atoms with Crippen LogP contribution in [-0.2, 0) is 0 Å². The summed E-state index contributed by atoms with van der Waals surface area (Å²) in [4.78, 5) is 0. The smallest absolute Gasteiger partial charge is 0.0136 e. The molecule has 0 aromatic heterocycles. The molecule has 3 N–H and O–H groups in total. The van der Waals surface area contributed by atoms with Gasteiger partial charge in [0.1, 0.15) is 0 Å². The first-order chi connectivity index (χ1) is 6.74. The quantitative estimate of drug-likeness (QED) is 0.590. The van der Waals surface area contributed by atoms with Gasteiger partial charge in [-0.2, -0.15) is 0 Å². The van der Waals surface area contributed by atoms with Crippen LogP contribution in [0.4, 0.5) is 0 Å². The first kappa shape index (κ1) is 10.4. The lowest BCUT2D eigenvalue weighted by Gasteiger charge is -2.45. The van der Waals surface area contributed by atoms with Gasteiger partial charge in [-0.25, -0.2) is 10.0 Å². The van der Waals surface area contributed by atoms with E-state index in [1.165, 1.54) is 38.8 Å². The van der Waals surface area contributed by atoms with Gasteiger partial charge in [-0.15, -0.1) is 0 Å². The van der Waals surface area contributed by atoms with E-state index >= 15 is 0 Å².